The number of guanidine groups is 1. The molecule has 29 heavy (non-hydrogen) atoms. The lowest BCUT2D eigenvalue weighted by atomic mass is 10.1. The lowest BCUT2D eigenvalue weighted by molar-refractivity contribution is 0.204. The van der Waals surface area contributed by atoms with Crippen molar-refractivity contribution in [2.24, 2.45) is 4.99 Å². The molecule has 2 aromatic carbocycles. The number of nitrogens with one attached hydrogen (secondary N) is 3. The van der Waals surface area contributed by atoms with Crippen LogP contribution in [-0.4, -0.2) is 41.2 Å². The fourth-order valence-corrected chi connectivity index (χ4v) is 3.66. The molecule has 0 aliphatic carbocycles. The van der Waals surface area contributed by atoms with E-state index in [1.165, 1.54) is 12.7 Å². The molecule has 0 unspecified atom stereocenters. The van der Waals surface area contributed by atoms with Gasteiger partial charge in [0.15, 0.2) is 5.96 Å². The van der Waals surface area contributed by atoms with Gasteiger partial charge in [0.2, 0.25) is 10.0 Å². The van der Waals surface area contributed by atoms with Crippen molar-refractivity contribution in [3.05, 3.63) is 65.2 Å². The summed E-state index contributed by atoms with van der Waals surface area (Å²) in [6.07, 6.45) is 0. The van der Waals surface area contributed by atoms with Gasteiger partial charge in [-0.1, -0.05) is 42.0 Å². The zero-order valence-electron chi connectivity index (χ0n) is 17.2. The maximum absolute atomic E-state index is 12.4. The van der Waals surface area contributed by atoms with Crippen LogP contribution in [0.3, 0.4) is 0 Å². The van der Waals surface area contributed by atoms with Crippen LogP contribution < -0.4 is 15.4 Å². The number of nitrogens with zero attached hydrogens (tertiary/aromatic N) is 1. The number of sulfonamides is 1. The Morgan fingerprint density at radius 3 is 2.52 bits per heavy atom. The predicted octanol–water partition coefficient (Wildman–Crippen LogP) is 2.18. The van der Waals surface area contributed by atoms with Crippen LogP contribution in [0.5, 0.6) is 0 Å². The van der Waals surface area contributed by atoms with Crippen molar-refractivity contribution in [3.63, 3.8) is 0 Å². The van der Waals surface area contributed by atoms with Crippen molar-refractivity contribution in [1.29, 1.82) is 0 Å². The molecule has 0 bridgehead atoms. The lowest BCUT2D eigenvalue weighted by Crippen LogP contribution is -2.36. The quantitative estimate of drug-likeness (QED) is 0.312. The largest absolute Gasteiger partial charge is 0.383 e. The van der Waals surface area contributed by atoms with Crippen LogP contribution in [0.1, 0.15) is 23.6 Å². The first kappa shape index (κ1) is 22.9. The molecular formula is C21H30N4O3S. The highest BCUT2D eigenvalue weighted by atomic mass is 32.2. The molecule has 0 amide bonds. The molecule has 2 aromatic rings. The second-order valence-electron chi connectivity index (χ2n) is 6.57. The van der Waals surface area contributed by atoms with E-state index in [0.29, 0.717) is 25.7 Å². The highest BCUT2D eigenvalue weighted by molar-refractivity contribution is 7.89. The highest BCUT2D eigenvalue weighted by Gasteiger charge is 2.13. The molecule has 158 valence electrons. The van der Waals surface area contributed by atoms with Crippen LogP contribution in [0.2, 0.25) is 0 Å². The second-order valence-corrected chi connectivity index (χ2v) is 8.34. The number of aliphatic imine (C=N–C) groups is 1. The van der Waals surface area contributed by atoms with Crippen molar-refractivity contribution < 1.29 is 13.2 Å². The standard InChI is InChI=1S/C21H30N4O3S/c1-4-22-21(23-15-18-10-8-17(2)9-11-18)24-16-19-6-5-7-20(14-19)29(26,27)25-12-13-28-3/h5-11,14,25H,4,12-13,15-16H2,1-3H3,(H2,22,23,24). The van der Waals surface area contributed by atoms with Gasteiger partial charge in [-0.3, -0.25) is 0 Å². The second kappa shape index (κ2) is 11.5. The molecule has 7 nitrogen and oxygen atoms in total. The minimum Gasteiger partial charge on any atom is -0.383 e. The first-order valence-electron chi connectivity index (χ1n) is 9.60. The SMILES string of the molecule is CCNC(=NCc1cccc(S(=O)(=O)NCCOC)c1)NCc1ccc(C)cc1. The van der Waals surface area contributed by atoms with E-state index in [0.717, 1.165) is 17.7 Å². The summed E-state index contributed by atoms with van der Waals surface area (Å²) in [7, 11) is -2.03. The van der Waals surface area contributed by atoms with Crippen molar-refractivity contribution in [1.82, 2.24) is 15.4 Å². The summed E-state index contributed by atoms with van der Waals surface area (Å²) in [4.78, 5) is 4.80. The summed E-state index contributed by atoms with van der Waals surface area (Å²) >= 11 is 0. The van der Waals surface area contributed by atoms with E-state index in [-0.39, 0.29) is 11.4 Å². The minimum absolute atomic E-state index is 0.221. The lowest BCUT2D eigenvalue weighted by Gasteiger charge is -2.12. The normalized spacial score (nSPS) is 12.0. The summed E-state index contributed by atoms with van der Waals surface area (Å²) in [5.74, 6) is 0.680. The topological polar surface area (TPSA) is 91.8 Å². The Morgan fingerprint density at radius 2 is 1.83 bits per heavy atom. The molecule has 3 N–H and O–H groups in total. The number of benzene rings is 2. The van der Waals surface area contributed by atoms with Crippen LogP contribution in [0, 0.1) is 6.92 Å². The number of ether oxygens (including phenoxy) is 1. The molecule has 0 fully saturated rings. The van der Waals surface area contributed by atoms with Gasteiger partial charge in [-0.05, 0) is 37.1 Å². The van der Waals surface area contributed by atoms with Gasteiger partial charge in [0.1, 0.15) is 0 Å². The van der Waals surface area contributed by atoms with Gasteiger partial charge in [0.25, 0.3) is 0 Å². The van der Waals surface area contributed by atoms with Crippen LogP contribution in [0.25, 0.3) is 0 Å². The summed E-state index contributed by atoms with van der Waals surface area (Å²) in [6.45, 7) is 6.37. The fourth-order valence-electron chi connectivity index (χ4n) is 2.58. The Kier molecular flexibility index (Phi) is 9.11. The maximum Gasteiger partial charge on any atom is 0.240 e. The molecule has 0 saturated heterocycles. The van der Waals surface area contributed by atoms with E-state index >= 15 is 0 Å². The van der Waals surface area contributed by atoms with Crippen LogP contribution >= 0.6 is 0 Å². The number of rotatable bonds is 10. The molecule has 0 aliphatic rings. The maximum atomic E-state index is 12.4. The Labute approximate surface area is 173 Å². The van der Waals surface area contributed by atoms with Gasteiger partial charge in [0, 0.05) is 26.7 Å². The van der Waals surface area contributed by atoms with E-state index in [4.69, 9.17) is 4.74 Å². The van der Waals surface area contributed by atoms with E-state index < -0.39 is 10.0 Å². The minimum atomic E-state index is -3.56. The van der Waals surface area contributed by atoms with E-state index in [1.807, 2.05) is 13.0 Å². The van der Waals surface area contributed by atoms with Gasteiger partial charge in [0.05, 0.1) is 18.0 Å². The molecule has 0 saturated carbocycles. The average Bonchev–Trinajstić information content (AvgIpc) is 2.71. The third-order valence-electron chi connectivity index (χ3n) is 4.15. The average molecular weight is 419 g/mol. The summed E-state index contributed by atoms with van der Waals surface area (Å²) in [6, 6.07) is 15.1. The third kappa shape index (κ3) is 7.84. The van der Waals surface area contributed by atoms with Crippen molar-refractivity contribution in [2.75, 3.05) is 26.8 Å². The zero-order chi connectivity index (χ0) is 21.1. The highest BCUT2D eigenvalue weighted by Crippen LogP contribution is 2.12. The van der Waals surface area contributed by atoms with E-state index in [9.17, 15) is 8.42 Å². The molecule has 0 aromatic heterocycles. The summed E-state index contributed by atoms with van der Waals surface area (Å²) in [5.41, 5.74) is 3.20. The van der Waals surface area contributed by atoms with Crippen LogP contribution in [-0.2, 0) is 27.8 Å². The van der Waals surface area contributed by atoms with Gasteiger partial charge in [-0.15, -0.1) is 0 Å². The molecule has 0 radical (unpaired) electrons. The molecule has 0 spiro atoms. The van der Waals surface area contributed by atoms with Crippen molar-refractivity contribution in [2.45, 2.75) is 31.8 Å². The smallest absolute Gasteiger partial charge is 0.240 e. The molecule has 0 atom stereocenters. The third-order valence-corrected chi connectivity index (χ3v) is 5.61. The van der Waals surface area contributed by atoms with Gasteiger partial charge >= 0.3 is 0 Å². The number of hydrogen-bond acceptors (Lipinski definition) is 4. The molecule has 8 heteroatoms. The molecule has 0 aliphatic heterocycles. The number of aryl methyl sites for hydroxylation is 1. The monoisotopic (exact) mass is 418 g/mol. The Morgan fingerprint density at radius 1 is 1.07 bits per heavy atom. The summed E-state index contributed by atoms with van der Waals surface area (Å²) in [5, 5.41) is 6.51. The first-order valence-corrected chi connectivity index (χ1v) is 11.1. The van der Waals surface area contributed by atoms with Gasteiger partial charge in [-0.2, -0.15) is 0 Å². The number of hydrogen-bond donors (Lipinski definition) is 3. The molecular weight excluding hydrogens is 388 g/mol. The Bertz CT molecular complexity index is 896. The van der Waals surface area contributed by atoms with Crippen LogP contribution in [0.15, 0.2) is 58.4 Å². The summed E-state index contributed by atoms with van der Waals surface area (Å²) < 4.78 is 32.1. The molecule has 2 rings (SSSR count). The fraction of sp³-hybridized carbons (Fsp3) is 0.381. The van der Waals surface area contributed by atoms with Crippen LogP contribution in [0.4, 0.5) is 0 Å². The Balaban J connectivity index is 2.03. The first-order chi connectivity index (χ1) is 13.9. The van der Waals surface area contributed by atoms with Gasteiger partial charge < -0.3 is 15.4 Å². The van der Waals surface area contributed by atoms with E-state index in [1.54, 1.807) is 18.2 Å². The zero-order valence-corrected chi connectivity index (χ0v) is 18.1. The Hall–Kier alpha value is -2.42. The number of methoxy groups -OCH3 is 1. The molecule has 0 heterocycles. The van der Waals surface area contributed by atoms with Crippen molar-refractivity contribution >= 4 is 16.0 Å². The predicted molar refractivity (Wildman–Crippen MR) is 116 cm³/mol. The van der Waals surface area contributed by atoms with Crippen molar-refractivity contribution in [3.8, 4) is 0 Å². The van der Waals surface area contributed by atoms with E-state index in [2.05, 4.69) is 51.5 Å². The van der Waals surface area contributed by atoms with Gasteiger partial charge in [-0.25, -0.2) is 18.1 Å².